The van der Waals surface area contributed by atoms with Gasteiger partial charge in [-0.25, -0.2) is 15.0 Å². The second-order valence-electron chi connectivity index (χ2n) is 7.08. The third kappa shape index (κ3) is 4.19. The van der Waals surface area contributed by atoms with Gasteiger partial charge in [0, 0.05) is 24.5 Å². The first-order valence-corrected chi connectivity index (χ1v) is 11.0. The zero-order chi connectivity index (χ0) is 21.0. The van der Waals surface area contributed by atoms with E-state index in [1.807, 2.05) is 30.3 Å². The fourth-order valence-electron chi connectivity index (χ4n) is 3.62. The number of nitrogens with one attached hydrogen (secondary N) is 1. The van der Waals surface area contributed by atoms with Crippen LogP contribution in [0, 0.1) is 0 Å². The molecule has 160 valence electrons. The number of ether oxygens (including phenoxy) is 3. The summed E-state index contributed by atoms with van der Waals surface area (Å²) in [5, 5.41) is 5.17. The third-order valence-electron chi connectivity index (χ3n) is 5.14. The quantitative estimate of drug-likeness (QED) is 0.440. The first kappa shape index (κ1) is 19.8. The Hall–Kier alpha value is -3.17. The Balaban J connectivity index is 1.32. The van der Waals surface area contributed by atoms with Crippen molar-refractivity contribution < 1.29 is 14.2 Å². The second kappa shape index (κ2) is 8.91. The minimum atomic E-state index is 0.471. The molecule has 0 atom stereocenters. The molecule has 9 heteroatoms. The van der Waals surface area contributed by atoms with Gasteiger partial charge in [0.1, 0.15) is 18.8 Å². The van der Waals surface area contributed by atoms with Crippen molar-refractivity contribution in [3.63, 3.8) is 0 Å². The molecule has 0 bridgehead atoms. The van der Waals surface area contributed by atoms with Gasteiger partial charge in [0.15, 0.2) is 16.6 Å². The molecule has 0 radical (unpaired) electrons. The van der Waals surface area contributed by atoms with E-state index in [9.17, 15) is 0 Å². The van der Waals surface area contributed by atoms with Crippen LogP contribution in [0.4, 0.5) is 10.9 Å². The summed E-state index contributed by atoms with van der Waals surface area (Å²) >= 11 is 1.64. The molecular formula is C22H23N5O3S. The standard InChI is InChI=1S/C22H23N5O3S/c1-28-18-13-17-15(21(25-14-24-17)27-7-10-29-11-8-27)12-19(18)30-9-6-23-22-26-16-4-2-3-5-20(16)31-22/h2-5,12-14H,6-11H2,1H3,(H,23,26). The molecule has 5 rings (SSSR count). The molecule has 0 amide bonds. The maximum atomic E-state index is 6.06. The van der Waals surface area contributed by atoms with E-state index in [0.717, 1.165) is 45.2 Å². The molecule has 0 aliphatic carbocycles. The van der Waals surface area contributed by atoms with E-state index in [1.54, 1.807) is 24.8 Å². The maximum Gasteiger partial charge on any atom is 0.183 e. The highest BCUT2D eigenvalue weighted by Crippen LogP contribution is 2.35. The molecule has 1 fully saturated rings. The molecule has 0 unspecified atom stereocenters. The zero-order valence-electron chi connectivity index (χ0n) is 17.2. The lowest BCUT2D eigenvalue weighted by atomic mass is 10.2. The fourth-order valence-corrected chi connectivity index (χ4v) is 4.51. The molecule has 4 aromatic rings. The van der Waals surface area contributed by atoms with Crippen molar-refractivity contribution in [2.45, 2.75) is 0 Å². The third-order valence-corrected chi connectivity index (χ3v) is 6.13. The average Bonchev–Trinajstić information content (AvgIpc) is 3.24. The number of methoxy groups -OCH3 is 1. The number of hydrogen-bond acceptors (Lipinski definition) is 9. The van der Waals surface area contributed by atoms with Gasteiger partial charge in [0.25, 0.3) is 0 Å². The largest absolute Gasteiger partial charge is 0.493 e. The molecule has 31 heavy (non-hydrogen) atoms. The summed E-state index contributed by atoms with van der Waals surface area (Å²) in [6.07, 6.45) is 1.59. The van der Waals surface area contributed by atoms with E-state index in [1.165, 1.54) is 0 Å². The molecule has 1 saturated heterocycles. The average molecular weight is 438 g/mol. The van der Waals surface area contributed by atoms with E-state index < -0.39 is 0 Å². The minimum Gasteiger partial charge on any atom is -0.493 e. The Morgan fingerprint density at radius 2 is 1.97 bits per heavy atom. The molecule has 1 N–H and O–H groups in total. The molecule has 1 aliphatic rings. The Morgan fingerprint density at radius 1 is 1.10 bits per heavy atom. The monoisotopic (exact) mass is 437 g/mol. The first-order valence-electron chi connectivity index (χ1n) is 10.2. The Morgan fingerprint density at radius 3 is 2.81 bits per heavy atom. The number of morpholine rings is 1. The van der Waals surface area contributed by atoms with Crippen LogP contribution in [-0.4, -0.2) is 61.5 Å². The molecule has 1 aliphatic heterocycles. The van der Waals surface area contributed by atoms with Crippen LogP contribution in [0.25, 0.3) is 21.1 Å². The number of hydrogen-bond donors (Lipinski definition) is 1. The molecule has 3 heterocycles. The Bertz CT molecular complexity index is 1160. The van der Waals surface area contributed by atoms with Crippen LogP contribution in [0.3, 0.4) is 0 Å². The van der Waals surface area contributed by atoms with Gasteiger partial charge in [-0.3, -0.25) is 0 Å². The van der Waals surface area contributed by atoms with E-state index in [2.05, 4.69) is 31.2 Å². The predicted molar refractivity (Wildman–Crippen MR) is 123 cm³/mol. The summed E-state index contributed by atoms with van der Waals surface area (Å²) in [6.45, 7) is 4.10. The number of thiazole rings is 1. The van der Waals surface area contributed by atoms with Crippen molar-refractivity contribution in [2.24, 2.45) is 0 Å². The predicted octanol–water partition coefficient (Wildman–Crippen LogP) is 3.58. The van der Waals surface area contributed by atoms with E-state index in [0.29, 0.717) is 37.9 Å². The van der Waals surface area contributed by atoms with Crippen LogP contribution in [-0.2, 0) is 4.74 Å². The topological polar surface area (TPSA) is 81.6 Å². The van der Waals surface area contributed by atoms with Gasteiger partial charge in [0.05, 0.1) is 42.6 Å². The highest BCUT2D eigenvalue weighted by Gasteiger charge is 2.18. The summed E-state index contributed by atoms with van der Waals surface area (Å²) in [6, 6.07) is 12.0. The zero-order valence-corrected chi connectivity index (χ0v) is 18.0. The first-order chi connectivity index (χ1) is 15.3. The van der Waals surface area contributed by atoms with Crippen molar-refractivity contribution in [3.05, 3.63) is 42.7 Å². The van der Waals surface area contributed by atoms with Gasteiger partial charge < -0.3 is 24.4 Å². The SMILES string of the molecule is COc1cc2ncnc(N3CCOCC3)c2cc1OCCNc1nc2ccccc2s1. The molecule has 2 aromatic heterocycles. The number of para-hydroxylation sites is 1. The number of anilines is 2. The summed E-state index contributed by atoms with van der Waals surface area (Å²) in [5.41, 5.74) is 1.83. The summed E-state index contributed by atoms with van der Waals surface area (Å²) in [4.78, 5) is 15.8. The minimum absolute atomic E-state index is 0.471. The molecule has 8 nitrogen and oxygen atoms in total. The lowest BCUT2D eigenvalue weighted by Gasteiger charge is -2.28. The van der Waals surface area contributed by atoms with Crippen LogP contribution in [0.15, 0.2) is 42.7 Å². The van der Waals surface area contributed by atoms with Crippen LogP contribution < -0.4 is 19.7 Å². The maximum absolute atomic E-state index is 6.06. The number of rotatable bonds is 7. The molecule has 0 spiro atoms. The van der Waals surface area contributed by atoms with E-state index >= 15 is 0 Å². The van der Waals surface area contributed by atoms with E-state index in [-0.39, 0.29) is 0 Å². The second-order valence-corrected chi connectivity index (χ2v) is 8.11. The van der Waals surface area contributed by atoms with Gasteiger partial charge in [-0.15, -0.1) is 0 Å². The van der Waals surface area contributed by atoms with Gasteiger partial charge in [0.2, 0.25) is 0 Å². The number of nitrogens with zero attached hydrogens (tertiary/aromatic N) is 4. The van der Waals surface area contributed by atoms with Crippen LogP contribution in [0.1, 0.15) is 0 Å². The van der Waals surface area contributed by atoms with Gasteiger partial charge in [-0.2, -0.15) is 0 Å². The smallest absolute Gasteiger partial charge is 0.183 e. The lowest BCUT2D eigenvalue weighted by molar-refractivity contribution is 0.122. The van der Waals surface area contributed by atoms with Crippen molar-refractivity contribution in [3.8, 4) is 11.5 Å². The number of aromatic nitrogens is 3. The van der Waals surface area contributed by atoms with Gasteiger partial charge in [-0.05, 0) is 18.2 Å². The van der Waals surface area contributed by atoms with Gasteiger partial charge in [-0.1, -0.05) is 23.5 Å². The lowest BCUT2D eigenvalue weighted by Crippen LogP contribution is -2.36. The molecule has 0 saturated carbocycles. The summed E-state index contributed by atoms with van der Waals surface area (Å²) in [5.74, 6) is 2.22. The van der Waals surface area contributed by atoms with Crippen molar-refractivity contribution in [1.82, 2.24) is 15.0 Å². The van der Waals surface area contributed by atoms with Crippen molar-refractivity contribution >= 4 is 43.4 Å². The van der Waals surface area contributed by atoms with Crippen LogP contribution >= 0.6 is 11.3 Å². The molecule has 2 aromatic carbocycles. The van der Waals surface area contributed by atoms with Crippen LogP contribution in [0.5, 0.6) is 11.5 Å². The van der Waals surface area contributed by atoms with Gasteiger partial charge >= 0.3 is 0 Å². The highest BCUT2D eigenvalue weighted by atomic mass is 32.1. The summed E-state index contributed by atoms with van der Waals surface area (Å²) in [7, 11) is 1.64. The Labute approximate surface area is 183 Å². The Kier molecular flexibility index (Phi) is 5.68. The van der Waals surface area contributed by atoms with Crippen LogP contribution in [0.2, 0.25) is 0 Å². The van der Waals surface area contributed by atoms with Crippen molar-refractivity contribution in [1.29, 1.82) is 0 Å². The summed E-state index contributed by atoms with van der Waals surface area (Å²) < 4.78 is 18.2. The molecular weight excluding hydrogens is 414 g/mol. The van der Waals surface area contributed by atoms with Crippen molar-refractivity contribution in [2.75, 3.05) is 56.8 Å². The number of benzene rings is 2. The highest BCUT2D eigenvalue weighted by molar-refractivity contribution is 7.22. The number of fused-ring (bicyclic) bond motifs is 2. The fraction of sp³-hybridized carbons (Fsp3) is 0.318. The van der Waals surface area contributed by atoms with E-state index in [4.69, 9.17) is 14.2 Å². The normalized spacial score (nSPS) is 14.2.